The van der Waals surface area contributed by atoms with Crippen LogP contribution in [-0.2, 0) is 6.54 Å². The number of nitrogens with zero attached hydrogens (tertiary/aromatic N) is 1. The van der Waals surface area contributed by atoms with E-state index in [2.05, 4.69) is 11.8 Å². The van der Waals surface area contributed by atoms with Gasteiger partial charge in [-0.25, -0.2) is 0 Å². The van der Waals surface area contributed by atoms with Gasteiger partial charge in [0, 0.05) is 25.2 Å². The number of phenolic OH excluding ortho intramolecular Hbond substituents is 1. The molecule has 0 radical (unpaired) electrons. The van der Waals surface area contributed by atoms with E-state index in [0.717, 1.165) is 31.1 Å². The van der Waals surface area contributed by atoms with Crippen molar-refractivity contribution in [2.24, 2.45) is 5.92 Å². The van der Waals surface area contributed by atoms with Gasteiger partial charge in [0.25, 0.3) is 0 Å². The molecule has 0 unspecified atom stereocenters. The number of aromatic hydroxyl groups is 1. The standard InChI is InChI=1S/C11H15NO/c1-9-6-12(7-9)8-10-4-2-3-5-11(10)13/h2-5,9,13H,6-8H2,1H3. The summed E-state index contributed by atoms with van der Waals surface area (Å²) in [6, 6.07) is 7.56. The first-order valence-corrected chi connectivity index (χ1v) is 4.75. The Balaban J connectivity index is 1.98. The number of rotatable bonds is 2. The van der Waals surface area contributed by atoms with E-state index in [0.29, 0.717) is 5.75 Å². The number of likely N-dealkylation sites (tertiary alicyclic amines) is 1. The van der Waals surface area contributed by atoms with Crippen LogP contribution < -0.4 is 0 Å². The second kappa shape index (κ2) is 3.38. The van der Waals surface area contributed by atoms with Crippen molar-refractivity contribution >= 4 is 0 Å². The molecule has 1 saturated heterocycles. The molecule has 0 saturated carbocycles. The Morgan fingerprint density at radius 3 is 2.69 bits per heavy atom. The summed E-state index contributed by atoms with van der Waals surface area (Å²) in [6.45, 7) is 5.46. The van der Waals surface area contributed by atoms with Crippen molar-refractivity contribution in [3.63, 3.8) is 0 Å². The van der Waals surface area contributed by atoms with Gasteiger partial charge >= 0.3 is 0 Å². The Morgan fingerprint density at radius 1 is 1.38 bits per heavy atom. The van der Waals surface area contributed by atoms with Gasteiger partial charge in [0.1, 0.15) is 5.75 Å². The average Bonchev–Trinajstić information content (AvgIpc) is 2.06. The lowest BCUT2D eigenvalue weighted by Gasteiger charge is -2.37. The molecule has 2 rings (SSSR count). The molecule has 13 heavy (non-hydrogen) atoms. The first-order chi connectivity index (χ1) is 6.25. The number of benzene rings is 1. The third-order valence-electron chi connectivity index (χ3n) is 2.53. The van der Waals surface area contributed by atoms with Gasteiger partial charge in [0.15, 0.2) is 0 Å². The highest BCUT2D eigenvalue weighted by Gasteiger charge is 2.22. The number of para-hydroxylation sites is 1. The van der Waals surface area contributed by atoms with Gasteiger partial charge < -0.3 is 5.11 Å². The molecule has 0 aliphatic carbocycles. The van der Waals surface area contributed by atoms with Crippen LogP contribution in [0.4, 0.5) is 0 Å². The highest BCUT2D eigenvalue weighted by Crippen LogP contribution is 2.22. The fraction of sp³-hybridized carbons (Fsp3) is 0.455. The molecule has 1 aliphatic heterocycles. The third-order valence-corrected chi connectivity index (χ3v) is 2.53. The predicted octanol–water partition coefficient (Wildman–Crippen LogP) is 1.84. The van der Waals surface area contributed by atoms with E-state index < -0.39 is 0 Å². The Kier molecular flexibility index (Phi) is 2.23. The van der Waals surface area contributed by atoms with Crippen LogP contribution in [0.25, 0.3) is 0 Å². The molecule has 1 aromatic rings. The van der Waals surface area contributed by atoms with Gasteiger partial charge in [-0.05, 0) is 12.0 Å². The molecular formula is C11H15NO. The number of phenols is 1. The maximum Gasteiger partial charge on any atom is 0.120 e. The SMILES string of the molecule is CC1CN(Cc2ccccc2O)C1. The van der Waals surface area contributed by atoms with Gasteiger partial charge in [0.2, 0.25) is 0 Å². The van der Waals surface area contributed by atoms with Gasteiger partial charge in [-0.15, -0.1) is 0 Å². The summed E-state index contributed by atoms with van der Waals surface area (Å²) in [7, 11) is 0. The summed E-state index contributed by atoms with van der Waals surface area (Å²) in [5, 5.41) is 9.52. The van der Waals surface area contributed by atoms with Gasteiger partial charge in [-0.1, -0.05) is 25.1 Å². The van der Waals surface area contributed by atoms with Crippen molar-refractivity contribution in [3.05, 3.63) is 29.8 Å². The summed E-state index contributed by atoms with van der Waals surface area (Å²) >= 11 is 0. The van der Waals surface area contributed by atoms with Crippen LogP contribution in [0.5, 0.6) is 5.75 Å². The fourth-order valence-electron chi connectivity index (χ4n) is 1.84. The van der Waals surface area contributed by atoms with E-state index in [-0.39, 0.29) is 0 Å². The quantitative estimate of drug-likeness (QED) is 0.745. The predicted molar refractivity (Wildman–Crippen MR) is 52.5 cm³/mol. The molecule has 0 atom stereocenters. The Hall–Kier alpha value is -1.02. The molecule has 1 aliphatic rings. The zero-order valence-electron chi connectivity index (χ0n) is 7.90. The normalized spacial score (nSPS) is 18.5. The minimum atomic E-state index is 0.419. The molecule has 0 aromatic heterocycles. The van der Waals surface area contributed by atoms with Crippen LogP contribution >= 0.6 is 0 Å². The highest BCUT2D eigenvalue weighted by molar-refractivity contribution is 5.31. The molecule has 1 N–H and O–H groups in total. The number of hydrogen-bond acceptors (Lipinski definition) is 2. The van der Waals surface area contributed by atoms with Crippen molar-refractivity contribution in [1.82, 2.24) is 4.90 Å². The Labute approximate surface area is 78.8 Å². The van der Waals surface area contributed by atoms with Crippen LogP contribution in [0, 0.1) is 5.92 Å². The zero-order valence-corrected chi connectivity index (χ0v) is 7.90. The van der Waals surface area contributed by atoms with Crippen LogP contribution in [-0.4, -0.2) is 23.1 Å². The minimum absolute atomic E-state index is 0.419. The third kappa shape index (κ3) is 1.83. The monoisotopic (exact) mass is 177 g/mol. The second-order valence-corrected chi connectivity index (χ2v) is 3.93. The summed E-state index contributed by atoms with van der Waals surface area (Å²) in [6.07, 6.45) is 0. The van der Waals surface area contributed by atoms with E-state index in [1.54, 1.807) is 6.07 Å². The summed E-state index contributed by atoms with van der Waals surface area (Å²) in [4.78, 5) is 2.35. The molecule has 2 nitrogen and oxygen atoms in total. The molecule has 0 spiro atoms. The highest BCUT2D eigenvalue weighted by atomic mass is 16.3. The molecule has 1 fully saturated rings. The second-order valence-electron chi connectivity index (χ2n) is 3.93. The van der Waals surface area contributed by atoms with E-state index in [4.69, 9.17) is 0 Å². The van der Waals surface area contributed by atoms with Crippen LogP contribution in [0.15, 0.2) is 24.3 Å². The maximum absolute atomic E-state index is 9.52. The first-order valence-electron chi connectivity index (χ1n) is 4.75. The van der Waals surface area contributed by atoms with Crippen molar-refractivity contribution in [3.8, 4) is 5.75 Å². The van der Waals surface area contributed by atoms with E-state index >= 15 is 0 Å². The Bertz CT molecular complexity index is 292. The fourth-order valence-corrected chi connectivity index (χ4v) is 1.84. The number of hydrogen-bond donors (Lipinski definition) is 1. The molecule has 70 valence electrons. The zero-order chi connectivity index (χ0) is 9.26. The minimum Gasteiger partial charge on any atom is -0.508 e. The smallest absolute Gasteiger partial charge is 0.120 e. The topological polar surface area (TPSA) is 23.5 Å². The van der Waals surface area contributed by atoms with Crippen molar-refractivity contribution in [2.45, 2.75) is 13.5 Å². The van der Waals surface area contributed by atoms with Gasteiger partial charge in [-0.3, -0.25) is 4.90 Å². The molecule has 1 heterocycles. The van der Waals surface area contributed by atoms with Crippen LogP contribution in [0.2, 0.25) is 0 Å². The van der Waals surface area contributed by atoms with Crippen LogP contribution in [0.1, 0.15) is 12.5 Å². The van der Waals surface area contributed by atoms with E-state index in [9.17, 15) is 5.11 Å². The van der Waals surface area contributed by atoms with Gasteiger partial charge in [-0.2, -0.15) is 0 Å². The molecule has 2 heteroatoms. The Morgan fingerprint density at radius 2 is 2.08 bits per heavy atom. The summed E-state index contributed by atoms with van der Waals surface area (Å²) in [5.41, 5.74) is 1.04. The molecular weight excluding hydrogens is 162 g/mol. The maximum atomic E-state index is 9.52. The largest absolute Gasteiger partial charge is 0.508 e. The lowest BCUT2D eigenvalue weighted by Crippen LogP contribution is -2.44. The van der Waals surface area contributed by atoms with Gasteiger partial charge in [0.05, 0.1) is 0 Å². The molecule has 0 bridgehead atoms. The average molecular weight is 177 g/mol. The van der Waals surface area contributed by atoms with Crippen molar-refractivity contribution < 1.29 is 5.11 Å². The van der Waals surface area contributed by atoms with Crippen molar-refractivity contribution in [2.75, 3.05) is 13.1 Å². The molecule has 0 amide bonds. The van der Waals surface area contributed by atoms with E-state index in [1.807, 2.05) is 18.2 Å². The van der Waals surface area contributed by atoms with E-state index in [1.165, 1.54) is 0 Å². The summed E-state index contributed by atoms with van der Waals surface area (Å²) in [5.74, 6) is 1.24. The molecule has 1 aromatic carbocycles. The van der Waals surface area contributed by atoms with Crippen molar-refractivity contribution in [1.29, 1.82) is 0 Å². The van der Waals surface area contributed by atoms with Crippen LogP contribution in [0.3, 0.4) is 0 Å². The first kappa shape index (κ1) is 8.57. The summed E-state index contributed by atoms with van der Waals surface area (Å²) < 4.78 is 0. The lowest BCUT2D eigenvalue weighted by molar-refractivity contribution is 0.104. The lowest BCUT2D eigenvalue weighted by atomic mass is 10.0.